The number of aromatic nitrogens is 3. The fourth-order valence-electron chi connectivity index (χ4n) is 2.86. The molecule has 6 nitrogen and oxygen atoms in total. The van der Waals surface area contributed by atoms with Gasteiger partial charge in [-0.15, -0.1) is 5.10 Å². The summed E-state index contributed by atoms with van der Waals surface area (Å²) in [6.45, 7) is 1.12. The second-order valence-corrected chi connectivity index (χ2v) is 6.43. The lowest BCUT2D eigenvalue weighted by molar-refractivity contribution is -0.121. The maximum absolute atomic E-state index is 12.2. The van der Waals surface area contributed by atoms with Crippen molar-refractivity contribution in [1.82, 2.24) is 20.3 Å². The molecule has 0 saturated carbocycles. The van der Waals surface area contributed by atoms with Crippen molar-refractivity contribution in [2.24, 2.45) is 0 Å². The Labute approximate surface area is 162 Å². The van der Waals surface area contributed by atoms with Crippen LogP contribution in [0.5, 0.6) is 5.75 Å². The zero-order chi connectivity index (χ0) is 19.2. The Morgan fingerprint density at radius 3 is 2.43 bits per heavy atom. The number of fused-ring (bicyclic) bond motifs is 1. The molecule has 0 unspecified atom stereocenters. The maximum Gasteiger partial charge on any atom is 0.242 e. The average molecular weight is 372 g/mol. The van der Waals surface area contributed by atoms with E-state index >= 15 is 0 Å². The molecular weight excluding hydrogens is 352 g/mol. The number of carbonyl (C=O) groups is 1. The van der Waals surface area contributed by atoms with Crippen LogP contribution in [0.3, 0.4) is 0 Å². The van der Waals surface area contributed by atoms with E-state index in [9.17, 15) is 4.79 Å². The summed E-state index contributed by atoms with van der Waals surface area (Å²) in [6.07, 6.45) is 0. The number of hydrogen-bond donors (Lipinski definition) is 1. The molecule has 0 aliphatic carbocycles. The Morgan fingerprint density at radius 2 is 1.61 bits per heavy atom. The molecule has 1 aromatic heterocycles. The van der Waals surface area contributed by atoms with E-state index in [-0.39, 0.29) is 12.5 Å². The van der Waals surface area contributed by atoms with Crippen LogP contribution in [0.15, 0.2) is 78.9 Å². The molecule has 0 saturated heterocycles. The van der Waals surface area contributed by atoms with Gasteiger partial charge in [-0.2, -0.15) is 0 Å². The molecule has 4 aromatic rings. The molecular formula is C22H20N4O2. The van der Waals surface area contributed by atoms with Crippen LogP contribution < -0.4 is 10.1 Å². The van der Waals surface area contributed by atoms with Crippen LogP contribution in [0.4, 0.5) is 0 Å². The second kappa shape index (κ2) is 8.35. The number of nitrogens with one attached hydrogen (secondary N) is 1. The molecule has 0 spiro atoms. The van der Waals surface area contributed by atoms with Crippen molar-refractivity contribution in [3.05, 3.63) is 90.0 Å². The lowest BCUT2D eigenvalue weighted by Gasteiger charge is -2.08. The second-order valence-electron chi connectivity index (χ2n) is 6.43. The molecule has 0 radical (unpaired) electrons. The van der Waals surface area contributed by atoms with Crippen LogP contribution >= 0.6 is 0 Å². The number of benzene rings is 3. The third kappa shape index (κ3) is 4.35. The van der Waals surface area contributed by atoms with E-state index in [1.807, 2.05) is 78.9 Å². The van der Waals surface area contributed by atoms with Gasteiger partial charge in [0.05, 0.1) is 5.52 Å². The van der Waals surface area contributed by atoms with Crippen LogP contribution in [0.2, 0.25) is 0 Å². The van der Waals surface area contributed by atoms with Crippen LogP contribution in [0.25, 0.3) is 11.0 Å². The summed E-state index contributed by atoms with van der Waals surface area (Å²) in [4.78, 5) is 12.2. The molecule has 1 N–H and O–H groups in total. The predicted octanol–water partition coefficient (Wildman–Crippen LogP) is 3.33. The van der Waals surface area contributed by atoms with Crippen molar-refractivity contribution in [1.29, 1.82) is 0 Å². The summed E-state index contributed by atoms with van der Waals surface area (Å²) in [5, 5.41) is 11.0. The highest BCUT2D eigenvalue weighted by Gasteiger charge is 2.08. The Kier molecular flexibility index (Phi) is 5.29. The van der Waals surface area contributed by atoms with Gasteiger partial charge in [0.15, 0.2) is 0 Å². The van der Waals surface area contributed by atoms with E-state index in [2.05, 4.69) is 15.6 Å². The Morgan fingerprint density at radius 1 is 0.893 bits per heavy atom. The van der Waals surface area contributed by atoms with Crippen molar-refractivity contribution in [3.8, 4) is 5.75 Å². The monoisotopic (exact) mass is 372 g/mol. The quantitative estimate of drug-likeness (QED) is 0.540. The third-order valence-corrected chi connectivity index (χ3v) is 4.37. The Hall–Kier alpha value is -3.67. The number of carbonyl (C=O) groups excluding carboxylic acids is 1. The van der Waals surface area contributed by atoms with Crippen molar-refractivity contribution >= 4 is 16.9 Å². The van der Waals surface area contributed by atoms with Gasteiger partial charge < -0.3 is 10.1 Å². The summed E-state index contributed by atoms with van der Waals surface area (Å²) >= 11 is 0. The standard InChI is InChI=1S/C22H20N4O2/c27-22(15-26-21-9-5-4-8-20(21)24-25-26)23-14-17-10-12-18(13-11-17)16-28-19-6-2-1-3-7-19/h1-13H,14-16H2,(H,23,27). The van der Waals surface area contributed by atoms with E-state index in [4.69, 9.17) is 4.74 Å². The summed E-state index contributed by atoms with van der Waals surface area (Å²) in [7, 11) is 0. The summed E-state index contributed by atoms with van der Waals surface area (Å²) in [6, 6.07) is 25.3. The molecule has 1 heterocycles. The molecule has 0 bridgehead atoms. The third-order valence-electron chi connectivity index (χ3n) is 4.37. The molecule has 4 rings (SSSR count). The van der Waals surface area contributed by atoms with E-state index in [0.717, 1.165) is 27.9 Å². The highest BCUT2D eigenvalue weighted by atomic mass is 16.5. The van der Waals surface area contributed by atoms with Crippen molar-refractivity contribution in [2.75, 3.05) is 0 Å². The lowest BCUT2D eigenvalue weighted by Crippen LogP contribution is -2.27. The van der Waals surface area contributed by atoms with Gasteiger partial charge in [-0.25, -0.2) is 4.68 Å². The van der Waals surface area contributed by atoms with Gasteiger partial charge in [0, 0.05) is 6.54 Å². The SMILES string of the molecule is O=C(Cn1nnc2ccccc21)NCc1ccc(COc2ccccc2)cc1. The van der Waals surface area contributed by atoms with Crippen molar-refractivity contribution in [2.45, 2.75) is 19.7 Å². The van der Waals surface area contributed by atoms with Gasteiger partial charge in [0.25, 0.3) is 0 Å². The fraction of sp³-hybridized carbons (Fsp3) is 0.136. The Balaban J connectivity index is 1.28. The van der Waals surface area contributed by atoms with Crippen LogP contribution in [-0.2, 0) is 24.5 Å². The zero-order valence-electron chi connectivity index (χ0n) is 15.3. The first-order chi connectivity index (χ1) is 13.8. The molecule has 28 heavy (non-hydrogen) atoms. The first-order valence-electron chi connectivity index (χ1n) is 9.08. The number of hydrogen-bond acceptors (Lipinski definition) is 4. The van der Waals surface area contributed by atoms with Crippen LogP contribution in [0.1, 0.15) is 11.1 Å². The van der Waals surface area contributed by atoms with Crippen molar-refractivity contribution in [3.63, 3.8) is 0 Å². The number of nitrogens with zero attached hydrogens (tertiary/aromatic N) is 3. The van der Waals surface area contributed by atoms with E-state index in [0.29, 0.717) is 13.2 Å². The van der Waals surface area contributed by atoms with Crippen LogP contribution in [0, 0.1) is 0 Å². The highest BCUT2D eigenvalue weighted by molar-refractivity contribution is 5.79. The predicted molar refractivity (Wildman–Crippen MR) is 107 cm³/mol. The minimum atomic E-state index is -0.104. The van der Waals surface area contributed by atoms with E-state index in [1.165, 1.54) is 0 Å². The molecule has 1 amide bonds. The molecule has 0 atom stereocenters. The lowest BCUT2D eigenvalue weighted by atomic mass is 10.1. The molecule has 0 aliphatic rings. The van der Waals surface area contributed by atoms with E-state index in [1.54, 1.807) is 4.68 Å². The molecule has 6 heteroatoms. The average Bonchev–Trinajstić information content (AvgIpc) is 3.15. The van der Waals surface area contributed by atoms with Crippen LogP contribution in [-0.4, -0.2) is 20.9 Å². The topological polar surface area (TPSA) is 69.0 Å². The van der Waals surface area contributed by atoms with E-state index < -0.39 is 0 Å². The first-order valence-corrected chi connectivity index (χ1v) is 9.08. The minimum Gasteiger partial charge on any atom is -0.489 e. The summed E-state index contributed by atoms with van der Waals surface area (Å²) in [5.74, 6) is 0.742. The zero-order valence-corrected chi connectivity index (χ0v) is 15.3. The van der Waals surface area contributed by atoms with Gasteiger partial charge in [-0.05, 0) is 35.4 Å². The number of rotatable bonds is 7. The number of amides is 1. The largest absolute Gasteiger partial charge is 0.489 e. The smallest absolute Gasteiger partial charge is 0.242 e. The minimum absolute atomic E-state index is 0.104. The first kappa shape index (κ1) is 17.7. The maximum atomic E-state index is 12.2. The van der Waals surface area contributed by atoms with Gasteiger partial charge in [0.2, 0.25) is 5.91 Å². The van der Waals surface area contributed by atoms with Crippen molar-refractivity contribution < 1.29 is 9.53 Å². The van der Waals surface area contributed by atoms with Gasteiger partial charge in [-0.3, -0.25) is 4.79 Å². The molecule has 0 aliphatic heterocycles. The Bertz CT molecular complexity index is 1060. The summed E-state index contributed by atoms with van der Waals surface area (Å²) < 4.78 is 7.34. The highest BCUT2D eigenvalue weighted by Crippen LogP contribution is 2.12. The normalized spacial score (nSPS) is 10.7. The molecule has 0 fully saturated rings. The fourth-order valence-corrected chi connectivity index (χ4v) is 2.86. The summed E-state index contributed by atoms with van der Waals surface area (Å²) in [5.41, 5.74) is 3.73. The van der Waals surface area contributed by atoms with Gasteiger partial charge >= 0.3 is 0 Å². The van der Waals surface area contributed by atoms with Gasteiger partial charge in [0.1, 0.15) is 24.4 Å². The number of para-hydroxylation sites is 2. The number of ether oxygens (including phenoxy) is 1. The van der Waals surface area contributed by atoms with Gasteiger partial charge in [-0.1, -0.05) is 59.8 Å². The molecule has 3 aromatic carbocycles. The molecule has 140 valence electrons.